The lowest BCUT2D eigenvalue weighted by atomic mass is 9.79. The first-order valence-electron chi connectivity index (χ1n) is 22.0. The number of benzene rings is 7. The predicted octanol–water partition coefficient (Wildman–Crippen LogP) is 13.2. The minimum Gasteiger partial charge on any atom is -0.436 e. The smallest absolute Gasteiger partial charge is 0.227 e. The molecule has 0 N–H and O–H groups in total. The van der Waals surface area contributed by atoms with Crippen LogP contribution in [0.1, 0.15) is 60.9 Å². The first-order chi connectivity index (χ1) is 29.5. The number of fused-ring (bicyclic) bond motifs is 8. The summed E-state index contributed by atoms with van der Waals surface area (Å²) in [5, 5.41) is 0. The lowest BCUT2D eigenvalue weighted by Gasteiger charge is -2.24. The summed E-state index contributed by atoms with van der Waals surface area (Å²) in [6, 6.07) is 30.8. The third-order valence-corrected chi connectivity index (χ3v) is 11.4. The Kier molecular flexibility index (Phi) is 4.87. The Morgan fingerprint density at radius 2 is 0.907 bits per heavy atom. The summed E-state index contributed by atoms with van der Waals surface area (Å²) in [7, 11) is 0. The molecule has 0 fully saturated rings. The van der Waals surface area contributed by atoms with Crippen molar-refractivity contribution in [2.24, 2.45) is 0 Å². The molecular formula is C50H36N2O2. The van der Waals surface area contributed by atoms with Crippen molar-refractivity contribution in [1.29, 1.82) is 0 Å². The molecule has 2 aromatic heterocycles. The Morgan fingerprint density at radius 3 is 1.56 bits per heavy atom. The Balaban J connectivity index is 1.04. The van der Waals surface area contributed by atoms with Crippen LogP contribution in [-0.2, 0) is 10.8 Å². The van der Waals surface area contributed by atoms with Crippen molar-refractivity contribution in [1.82, 2.24) is 9.97 Å². The van der Waals surface area contributed by atoms with E-state index >= 15 is 0 Å². The highest BCUT2D eigenvalue weighted by atomic mass is 16.4. The van der Waals surface area contributed by atoms with Crippen LogP contribution in [0.5, 0.6) is 0 Å². The van der Waals surface area contributed by atoms with Gasteiger partial charge in [-0.15, -0.1) is 0 Å². The Bertz CT molecular complexity index is 3270. The maximum absolute atomic E-state index is 8.47. The topological polar surface area (TPSA) is 52.1 Å². The quantitative estimate of drug-likeness (QED) is 0.183. The largest absolute Gasteiger partial charge is 0.436 e. The van der Waals surface area contributed by atoms with E-state index in [9.17, 15) is 0 Å². The molecule has 0 unspecified atom stereocenters. The van der Waals surface area contributed by atoms with Crippen LogP contribution in [0.15, 0.2) is 154 Å². The molecule has 0 spiro atoms. The molecule has 54 heavy (non-hydrogen) atoms. The van der Waals surface area contributed by atoms with Crippen molar-refractivity contribution in [3.63, 3.8) is 0 Å². The van der Waals surface area contributed by atoms with Gasteiger partial charge in [0.1, 0.15) is 11.0 Å². The van der Waals surface area contributed by atoms with E-state index in [-0.39, 0.29) is 69.0 Å². The predicted molar refractivity (Wildman–Crippen MR) is 218 cm³/mol. The third-order valence-electron chi connectivity index (χ3n) is 11.4. The third kappa shape index (κ3) is 4.50. The van der Waals surface area contributed by atoms with E-state index in [2.05, 4.69) is 104 Å². The van der Waals surface area contributed by atoms with Crippen molar-refractivity contribution in [2.75, 3.05) is 0 Å². The van der Waals surface area contributed by atoms with E-state index < -0.39 is 24.2 Å². The van der Waals surface area contributed by atoms with Gasteiger partial charge in [-0.3, -0.25) is 0 Å². The van der Waals surface area contributed by atoms with Crippen LogP contribution in [0.3, 0.4) is 0 Å². The molecule has 4 nitrogen and oxygen atoms in total. The van der Waals surface area contributed by atoms with Crippen molar-refractivity contribution in [3.8, 4) is 67.4 Å². The van der Waals surface area contributed by atoms with Crippen LogP contribution in [-0.4, -0.2) is 9.97 Å². The lowest BCUT2D eigenvalue weighted by molar-refractivity contribution is 0.617. The van der Waals surface area contributed by atoms with Gasteiger partial charge in [-0.25, -0.2) is 9.97 Å². The first kappa shape index (κ1) is 23.9. The second kappa shape index (κ2) is 11.0. The van der Waals surface area contributed by atoms with Gasteiger partial charge >= 0.3 is 0 Å². The van der Waals surface area contributed by atoms with Crippen LogP contribution in [0.25, 0.3) is 89.6 Å². The Morgan fingerprint density at radius 1 is 0.426 bits per heavy atom. The van der Waals surface area contributed by atoms with Crippen LogP contribution >= 0.6 is 0 Å². The number of oxazole rings is 2. The molecule has 2 aliphatic rings. The van der Waals surface area contributed by atoms with E-state index in [4.69, 9.17) is 19.8 Å². The SMILES string of the molecule is [2H]c1c([2H])c([2H])c2oc(-c3cc(-c4cccc(-c5ccc6c(c5)C(C)(C)c5cc7c(cc5-6)C(C)(C)c5ccccc5-7)c4)cc(-c4nc5c([2H])c([2H])c([2H])c([2H])c5o4)c3)nc2c1[2H]. The van der Waals surface area contributed by atoms with Gasteiger partial charge in [-0.05, 0) is 133 Å². The van der Waals surface area contributed by atoms with E-state index in [1.165, 1.54) is 44.5 Å². The van der Waals surface area contributed by atoms with Gasteiger partial charge in [0.25, 0.3) is 0 Å². The van der Waals surface area contributed by atoms with Crippen molar-refractivity contribution in [2.45, 2.75) is 38.5 Å². The summed E-state index contributed by atoms with van der Waals surface area (Å²) in [5.41, 5.74) is 14.3. The monoisotopic (exact) mass is 704 g/mol. The molecule has 2 aliphatic carbocycles. The van der Waals surface area contributed by atoms with Gasteiger partial charge in [-0.1, -0.05) is 106 Å². The summed E-state index contributed by atoms with van der Waals surface area (Å²) in [5.74, 6) is 0.0924. The van der Waals surface area contributed by atoms with Crippen LogP contribution in [0.2, 0.25) is 0 Å². The fraction of sp³-hybridized carbons (Fsp3) is 0.120. The van der Waals surface area contributed by atoms with Crippen LogP contribution in [0.4, 0.5) is 0 Å². The van der Waals surface area contributed by atoms with Crippen molar-refractivity contribution in [3.05, 3.63) is 168 Å². The Labute approximate surface area is 325 Å². The number of nitrogens with zero attached hydrogens (tertiary/aromatic N) is 2. The number of hydrogen-bond acceptors (Lipinski definition) is 4. The molecule has 0 bridgehead atoms. The standard InChI is InChI=1S/C50H36N2O2/c1-49(2)39-15-6-5-14-35(39)37-27-42-38(28-41(37)49)36-21-20-31(26-40(36)50(42,3)4)29-12-11-13-30(22-29)32-23-33(47-51-43-16-7-9-18-45(43)53-47)25-34(24-32)48-52-44-17-8-10-19-46(44)54-48/h5-28H,1-4H3/i7D,8D,9D,10D,16D,17D,18D,19D. The average Bonchev–Trinajstić information content (AvgIpc) is 4.04. The number of para-hydroxylation sites is 4. The molecule has 258 valence electrons. The normalized spacial score (nSPS) is 16.7. The molecule has 7 aromatic carbocycles. The second-order valence-electron chi connectivity index (χ2n) is 15.3. The van der Waals surface area contributed by atoms with Crippen LogP contribution in [0, 0.1) is 0 Å². The molecule has 0 saturated heterocycles. The number of hydrogen-bond donors (Lipinski definition) is 0. The van der Waals surface area contributed by atoms with Gasteiger partial charge in [0.15, 0.2) is 11.2 Å². The minimum atomic E-state index is -0.430. The molecule has 0 aliphatic heterocycles. The maximum atomic E-state index is 8.47. The van der Waals surface area contributed by atoms with Crippen LogP contribution < -0.4 is 0 Å². The lowest BCUT2D eigenvalue weighted by Crippen LogP contribution is -2.17. The Hall–Kier alpha value is -6.52. The van der Waals surface area contributed by atoms with Gasteiger partial charge < -0.3 is 8.83 Å². The summed E-state index contributed by atoms with van der Waals surface area (Å²) < 4.78 is 78.7. The molecule has 0 atom stereocenters. The number of rotatable bonds is 4. The summed E-state index contributed by atoms with van der Waals surface area (Å²) in [4.78, 5) is 9.08. The minimum absolute atomic E-state index is 0.00900. The fourth-order valence-electron chi connectivity index (χ4n) is 8.61. The zero-order valence-corrected chi connectivity index (χ0v) is 29.9. The highest BCUT2D eigenvalue weighted by Gasteiger charge is 2.41. The zero-order valence-electron chi connectivity index (χ0n) is 37.9. The highest BCUT2D eigenvalue weighted by molar-refractivity contribution is 5.91. The molecule has 0 amide bonds. The van der Waals surface area contributed by atoms with E-state index in [0.29, 0.717) is 16.7 Å². The molecule has 9 aromatic rings. The number of aromatic nitrogens is 2. The zero-order chi connectivity index (χ0) is 43.3. The van der Waals surface area contributed by atoms with E-state index in [1.807, 2.05) is 24.3 Å². The molecule has 0 radical (unpaired) electrons. The molecule has 2 heterocycles. The van der Waals surface area contributed by atoms with Crippen molar-refractivity contribution < 1.29 is 19.8 Å². The van der Waals surface area contributed by atoms with E-state index in [0.717, 1.165) is 16.7 Å². The summed E-state index contributed by atoms with van der Waals surface area (Å²) in [6.45, 7) is 9.22. The molecule has 0 saturated carbocycles. The van der Waals surface area contributed by atoms with Gasteiger partial charge in [-0.2, -0.15) is 0 Å². The summed E-state index contributed by atoms with van der Waals surface area (Å²) in [6.07, 6.45) is 0. The maximum Gasteiger partial charge on any atom is 0.227 e. The first-order valence-corrected chi connectivity index (χ1v) is 18.0. The average molecular weight is 705 g/mol. The van der Waals surface area contributed by atoms with Gasteiger partial charge in [0.05, 0.1) is 11.0 Å². The van der Waals surface area contributed by atoms with E-state index in [1.54, 1.807) is 6.07 Å². The van der Waals surface area contributed by atoms with Gasteiger partial charge in [0.2, 0.25) is 11.8 Å². The molecular weight excluding hydrogens is 661 g/mol. The van der Waals surface area contributed by atoms with Gasteiger partial charge in [0, 0.05) is 22.0 Å². The van der Waals surface area contributed by atoms with Crippen molar-refractivity contribution >= 4 is 22.2 Å². The highest BCUT2D eigenvalue weighted by Crippen LogP contribution is 2.56. The molecule has 4 heteroatoms. The fourth-order valence-corrected chi connectivity index (χ4v) is 8.61. The molecule has 11 rings (SSSR count). The second-order valence-corrected chi connectivity index (χ2v) is 15.3. The summed E-state index contributed by atoms with van der Waals surface area (Å²) >= 11 is 0.